The molecule has 0 spiro atoms. The maximum absolute atomic E-state index is 14.9. The molecule has 0 fully saturated rings. The van der Waals surface area contributed by atoms with E-state index < -0.39 is 46.5 Å². The van der Waals surface area contributed by atoms with Gasteiger partial charge in [0, 0.05) is 17.7 Å². The standard InChI is InChI=1S/C31H16F7NOS/c1-15-2-7-26-27(8-15)41-30(39-26)19-6-5-16-9-18(4-3-17(16)10-19)20-11-22(32)28(23(33)12-20)31(37,38)40-21-13-24(34)29(36)25(35)14-21/h2-14H,1H3. The van der Waals surface area contributed by atoms with Gasteiger partial charge in [0.05, 0.1) is 10.2 Å². The molecule has 0 saturated heterocycles. The number of hydrogen-bond acceptors (Lipinski definition) is 3. The number of aryl methyl sites for hydroxylation is 1. The first-order chi connectivity index (χ1) is 19.5. The van der Waals surface area contributed by atoms with E-state index in [1.165, 1.54) is 0 Å². The molecule has 2 nitrogen and oxygen atoms in total. The molecule has 0 bridgehead atoms. The van der Waals surface area contributed by atoms with Crippen molar-refractivity contribution in [1.29, 1.82) is 0 Å². The van der Waals surface area contributed by atoms with E-state index in [9.17, 15) is 30.7 Å². The number of alkyl halides is 2. The molecule has 41 heavy (non-hydrogen) atoms. The molecule has 0 unspecified atom stereocenters. The van der Waals surface area contributed by atoms with Crippen LogP contribution in [0.25, 0.3) is 42.7 Å². The van der Waals surface area contributed by atoms with Crippen molar-refractivity contribution in [3.63, 3.8) is 0 Å². The van der Waals surface area contributed by atoms with E-state index >= 15 is 0 Å². The Morgan fingerprint density at radius 2 is 1.27 bits per heavy atom. The average molecular weight is 584 g/mol. The third kappa shape index (κ3) is 4.99. The summed E-state index contributed by atoms with van der Waals surface area (Å²) >= 11 is 1.56. The number of nitrogens with zero attached hydrogens (tertiary/aromatic N) is 1. The van der Waals surface area contributed by atoms with Crippen LogP contribution in [0.2, 0.25) is 0 Å². The summed E-state index contributed by atoms with van der Waals surface area (Å²) in [6.45, 7) is 2.01. The first-order valence-electron chi connectivity index (χ1n) is 12.1. The number of benzene rings is 5. The van der Waals surface area contributed by atoms with Gasteiger partial charge >= 0.3 is 6.11 Å². The predicted molar refractivity (Wildman–Crippen MR) is 143 cm³/mol. The zero-order valence-corrected chi connectivity index (χ0v) is 21.7. The molecule has 6 rings (SSSR count). The van der Waals surface area contributed by atoms with Gasteiger partial charge in [-0.1, -0.05) is 30.3 Å². The maximum Gasteiger partial charge on any atom is 0.432 e. The van der Waals surface area contributed by atoms with Crippen LogP contribution in [-0.4, -0.2) is 4.98 Å². The van der Waals surface area contributed by atoms with Crippen molar-refractivity contribution in [2.75, 3.05) is 0 Å². The Bertz CT molecular complexity index is 1940. The van der Waals surface area contributed by atoms with Crippen molar-refractivity contribution < 1.29 is 35.5 Å². The van der Waals surface area contributed by atoms with Gasteiger partial charge in [-0.25, -0.2) is 26.9 Å². The van der Waals surface area contributed by atoms with Crippen molar-refractivity contribution in [2.45, 2.75) is 13.0 Å². The lowest BCUT2D eigenvalue weighted by Crippen LogP contribution is -2.25. The second-order valence-electron chi connectivity index (χ2n) is 9.40. The van der Waals surface area contributed by atoms with Gasteiger partial charge in [-0.2, -0.15) is 8.78 Å². The summed E-state index contributed by atoms with van der Waals surface area (Å²) in [7, 11) is 0. The summed E-state index contributed by atoms with van der Waals surface area (Å²) in [4.78, 5) is 4.69. The first-order valence-corrected chi connectivity index (χ1v) is 12.9. The number of aromatic nitrogens is 1. The number of rotatable bonds is 5. The Morgan fingerprint density at radius 1 is 0.659 bits per heavy atom. The van der Waals surface area contributed by atoms with Gasteiger partial charge in [0.25, 0.3) is 0 Å². The van der Waals surface area contributed by atoms with Crippen molar-refractivity contribution in [3.8, 4) is 27.4 Å². The normalized spacial score (nSPS) is 11.9. The summed E-state index contributed by atoms with van der Waals surface area (Å²) in [5.74, 6) is -9.94. The van der Waals surface area contributed by atoms with Crippen molar-refractivity contribution in [2.24, 2.45) is 0 Å². The topological polar surface area (TPSA) is 22.1 Å². The van der Waals surface area contributed by atoms with Crippen LogP contribution in [0, 0.1) is 36.0 Å². The third-order valence-corrected chi connectivity index (χ3v) is 7.57. The lowest BCUT2D eigenvalue weighted by Gasteiger charge is -2.20. The Hall–Kier alpha value is -4.44. The van der Waals surface area contributed by atoms with Crippen molar-refractivity contribution in [3.05, 3.63) is 119 Å². The largest absolute Gasteiger partial charge is 0.432 e. The number of hydrogen-bond donors (Lipinski definition) is 0. The summed E-state index contributed by atoms with van der Waals surface area (Å²) < 4.78 is 104. The van der Waals surface area contributed by atoms with Crippen molar-refractivity contribution >= 4 is 32.3 Å². The van der Waals surface area contributed by atoms with Crippen LogP contribution >= 0.6 is 11.3 Å². The molecule has 0 saturated carbocycles. The number of thiazole rings is 1. The van der Waals surface area contributed by atoms with Gasteiger partial charge < -0.3 is 4.74 Å². The van der Waals surface area contributed by atoms with Gasteiger partial charge in [-0.3, -0.25) is 0 Å². The second-order valence-corrected chi connectivity index (χ2v) is 10.4. The summed E-state index contributed by atoms with van der Waals surface area (Å²) in [6, 6.07) is 18.4. The molecular formula is C31H16F7NOS. The van der Waals surface area contributed by atoms with E-state index in [2.05, 4.69) is 10.8 Å². The molecule has 0 aliphatic carbocycles. The highest BCUT2D eigenvalue weighted by atomic mass is 32.1. The van der Waals surface area contributed by atoms with Gasteiger partial charge in [-0.15, -0.1) is 11.3 Å². The van der Waals surface area contributed by atoms with E-state index in [1.807, 2.05) is 37.3 Å². The van der Waals surface area contributed by atoms with Gasteiger partial charge in [0.1, 0.15) is 28.0 Å². The van der Waals surface area contributed by atoms with Crippen LogP contribution in [0.3, 0.4) is 0 Å². The Labute approximate surface area is 232 Å². The summed E-state index contributed by atoms with van der Waals surface area (Å²) in [5, 5.41) is 2.41. The molecule has 206 valence electrons. The van der Waals surface area contributed by atoms with E-state index in [1.54, 1.807) is 29.5 Å². The number of halogens is 7. The summed E-state index contributed by atoms with van der Waals surface area (Å²) in [6.07, 6.45) is -4.66. The predicted octanol–water partition coefficient (Wildman–Crippen LogP) is 9.92. The fourth-order valence-corrected chi connectivity index (χ4v) is 5.58. The molecule has 10 heteroatoms. The van der Waals surface area contributed by atoms with E-state index in [0.29, 0.717) is 17.7 Å². The Kier molecular flexibility index (Phi) is 6.45. The number of fused-ring (bicyclic) bond motifs is 2. The highest BCUT2D eigenvalue weighted by molar-refractivity contribution is 7.21. The van der Waals surface area contributed by atoms with Gasteiger partial charge in [0.15, 0.2) is 17.5 Å². The van der Waals surface area contributed by atoms with Crippen LogP contribution in [0.15, 0.2) is 78.9 Å². The van der Waals surface area contributed by atoms with Gasteiger partial charge in [0.2, 0.25) is 0 Å². The zero-order valence-electron chi connectivity index (χ0n) is 20.9. The van der Waals surface area contributed by atoms with Crippen LogP contribution in [0.4, 0.5) is 30.7 Å². The molecule has 1 aromatic heterocycles. The molecule has 1 heterocycles. The minimum Gasteiger partial charge on any atom is -0.429 e. The smallest absolute Gasteiger partial charge is 0.429 e. The van der Waals surface area contributed by atoms with E-state index in [4.69, 9.17) is 4.98 Å². The van der Waals surface area contributed by atoms with Crippen LogP contribution in [0.1, 0.15) is 11.1 Å². The highest BCUT2D eigenvalue weighted by Gasteiger charge is 2.41. The lowest BCUT2D eigenvalue weighted by atomic mass is 9.98. The monoisotopic (exact) mass is 583 g/mol. The zero-order chi connectivity index (χ0) is 29.1. The first kappa shape index (κ1) is 26.8. The average Bonchev–Trinajstić information content (AvgIpc) is 3.33. The molecule has 0 aliphatic rings. The molecule has 0 aliphatic heterocycles. The second kappa shape index (κ2) is 9.88. The summed E-state index contributed by atoms with van der Waals surface area (Å²) in [5.41, 5.74) is 1.50. The molecule has 6 aromatic rings. The lowest BCUT2D eigenvalue weighted by molar-refractivity contribution is -0.189. The number of ether oxygens (including phenoxy) is 1. The molecule has 0 amide bonds. The minimum absolute atomic E-state index is 0.0223. The van der Waals surface area contributed by atoms with Gasteiger partial charge in [-0.05, 0) is 70.8 Å². The highest BCUT2D eigenvalue weighted by Crippen LogP contribution is 2.38. The molecule has 0 radical (unpaired) electrons. The Morgan fingerprint density at radius 3 is 1.93 bits per heavy atom. The third-order valence-electron chi connectivity index (χ3n) is 6.50. The Balaban J connectivity index is 1.31. The molecule has 5 aromatic carbocycles. The van der Waals surface area contributed by atoms with Crippen LogP contribution in [-0.2, 0) is 6.11 Å². The van der Waals surface area contributed by atoms with Crippen molar-refractivity contribution in [1.82, 2.24) is 4.98 Å². The van der Waals surface area contributed by atoms with Crippen LogP contribution < -0.4 is 4.74 Å². The van der Waals surface area contributed by atoms with Crippen LogP contribution in [0.5, 0.6) is 5.75 Å². The minimum atomic E-state index is -4.66. The fraction of sp³-hybridized carbons (Fsp3) is 0.0645. The maximum atomic E-state index is 14.9. The van der Waals surface area contributed by atoms with E-state index in [-0.39, 0.29) is 17.7 Å². The van der Waals surface area contributed by atoms with E-state index in [0.717, 1.165) is 37.1 Å². The molecule has 0 N–H and O–H groups in total. The fourth-order valence-electron chi connectivity index (χ4n) is 4.52. The quantitative estimate of drug-likeness (QED) is 0.149. The molecular weight excluding hydrogens is 567 g/mol. The molecule has 0 atom stereocenters. The SMILES string of the molecule is Cc1ccc2nc(-c3ccc4cc(-c5cc(F)c(C(F)(F)Oc6cc(F)c(F)c(F)c6)c(F)c5)ccc4c3)sc2c1.